The third kappa shape index (κ3) is 4.12. The smallest absolute Gasteiger partial charge is 0.227 e. The maximum atomic E-state index is 12.9. The van der Waals surface area contributed by atoms with Crippen molar-refractivity contribution in [3.05, 3.63) is 64.2 Å². The molecule has 0 bridgehead atoms. The van der Waals surface area contributed by atoms with Gasteiger partial charge < -0.3 is 14.7 Å². The summed E-state index contributed by atoms with van der Waals surface area (Å²) in [7, 11) is 2.18. The fourth-order valence-corrected chi connectivity index (χ4v) is 4.13. The van der Waals surface area contributed by atoms with Crippen molar-refractivity contribution >= 4 is 23.2 Å². The Bertz CT molecular complexity index is 813. The lowest BCUT2D eigenvalue weighted by atomic mass is 9.96. The van der Waals surface area contributed by atoms with Crippen molar-refractivity contribution in [1.82, 2.24) is 9.80 Å². The molecule has 4 nitrogen and oxygen atoms in total. The van der Waals surface area contributed by atoms with E-state index in [1.807, 2.05) is 29.2 Å². The van der Waals surface area contributed by atoms with E-state index < -0.39 is 0 Å². The van der Waals surface area contributed by atoms with Gasteiger partial charge in [0.2, 0.25) is 5.91 Å². The molecule has 142 valence electrons. The number of anilines is 1. The predicted octanol–water partition coefficient (Wildman–Crippen LogP) is 3.22. The van der Waals surface area contributed by atoms with Gasteiger partial charge in [-0.15, -0.1) is 0 Å². The van der Waals surface area contributed by atoms with Crippen LogP contribution in [-0.4, -0.2) is 55.5 Å². The van der Waals surface area contributed by atoms with E-state index in [0.29, 0.717) is 18.0 Å². The Morgan fingerprint density at radius 2 is 1.74 bits per heavy atom. The van der Waals surface area contributed by atoms with Crippen molar-refractivity contribution in [3.63, 3.8) is 0 Å². The molecule has 2 aromatic carbocycles. The van der Waals surface area contributed by atoms with Gasteiger partial charge in [0.1, 0.15) is 0 Å². The third-order valence-electron chi connectivity index (χ3n) is 5.71. The average Bonchev–Trinajstić information content (AvgIpc) is 2.69. The maximum Gasteiger partial charge on any atom is 0.227 e. The van der Waals surface area contributed by atoms with Crippen molar-refractivity contribution in [1.29, 1.82) is 0 Å². The van der Waals surface area contributed by atoms with E-state index in [0.717, 1.165) is 44.7 Å². The quantitative estimate of drug-likeness (QED) is 0.814. The number of rotatable bonds is 3. The minimum Gasteiger partial charge on any atom is -0.369 e. The standard InChI is InChI=1S/C22H26ClN3O/c1-24-11-13-25(14-12-24)21-4-2-3-18-9-10-26(16-20(18)21)22(27)15-17-5-7-19(23)8-6-17/h2-8H,9-16H2,1H3. The number of hydrogen-bond acceptors (Lipinski definition) is 3. The molecular weight excluding hydrogens is 358 g/mol. The van der Waals surface area contributed by atoms with Gasteiger partial charge in [-0.1, -0.05) is 35.9 Å². The fraction of sp³-hybridized carbons (Fsp3) is 0.409. The van der Waals surface area contributed by atoms with Crippen LogP contribution in [0.15, 0.2) is 42.5 Å². The molecule has 0 saturated carbocycles. The first-order valence-corrected chi connectivity index (χ1v) is 10.0. The van der Waals surface area contributed by atoms with Gasteiger partial charge in [-0.3, -0.25) is 4.79 Å². The van der Waals surface area contributed by atoms with Crippen LogP contribution in [0.2, 0.25) is 5.02 Å². The first-order chi connectivity index (χ1) is 13.1. The molecular formula is C22H26ClN3O. The zero-order valence-corrected chi connectivity index (χ0v) is 16.6. The lowest BCUT2D eigenvalue weighted by Crippen LogP contribution is -2.45. The molecule has 2 aromatic rings. The molecule has 0 aliphatic carbocycles. The molecule has 0 unspecified atom stereocenters. The van der Waals surface area contributed by atoms with Crippen LogP contribution in [0.25, 0.3) is 0 Å². The van der Waals surface area contributed by atoms with Gasteiger partial charge >= 0.3 is 0 Å². The first kappa shape index (κ1) is 18.3. The van der Waals surface area contributed by atoms with Gasteiger partial charge in [-0.2, -0.15) is 0 Å². The number of hydrogen-bond donors (Lipinski definition) is 0. The molecule has 1 amide bonds. The summed E-state index contributed by atoms with van der Waals surface area (Å²) in [5.41, 5.74) is 5.05. The van der Waals surface area contributed by atoms with Gasteiger partial charge in [-0.25, -0.2) is 0 Å². The first-order valence-electron chi connectivity index (χ1n) is 9.66. The summed E-state index contributed by atoms with van der Waals surface area (Å²) in [6, 6.07) is 14.2. The van der Waals surface area contributed by atoms with E-state index >= 15 is 0 Å². The summed E-state index contributed by atoms with van der Waals surface area (Å²) < 4.78 is 0. The molecule has 1 fully saturated rings. The number of piperazine rings is 1. The van der Waals surface area contributed by atoms with Crippen molar-refractivity contribution in [3.8, 4) is 0 Å². The van der Waals surface area contributed by atoms with Crippen LogP contribution in [0.1, 0.15) is 16.7 Å². The molecule has 2 heterocycles. The second kappa shape index (κ2) is 7.91. The van der Waals surface area contributed by atoms with E-state index in [4.69, 9.17) is 11.6 Å². The minimum atomic E-state index is 0.191. The molecule has 1 saturated heterocycles. The second-order valence-corrected chi connectivity index (χ2v) is 8.01. The van der Waals surface area contributed by atoms with E-state index in [2.05, 4.69) is 35.0 Å². The van der Waals surface area contributed by atoms with Crippen LogP contribution in [0.4, 0.5) is 5.69 Å². The number of likely N-dealkylation sites (N-methyl/N-ethyl adjacent to an activating group) is 1. The van der Waals surface area contributed by atoms with Crippen molar-refractivity contribution in [2.24, 2.45) is 0 Å². The second-order valence-electron chi connectivity index (χ2n) is 7.57. The lowest BCUT2D eigenvalue weighted by molar-refractivity contribution is -0.131. The Morgan fingerprint density at radius 1 is 1.00 bits per heavy atom. The Labute approximate surface area is 166 Å². The van der Waals surface area contributed by atoms with Crippen LogP contribution in [0.3, 0.4) is 0 Å². The zero-order chi connectivity index (χ0) is 18.8. The lowest BCUT2D eigenvalue weighted by Gasteiger charge is -2.38. The van der Waals surface area contributed by atoms with Crippen molar-refractivity contribution < 1.29 is 4.79 Å². The average molecular weight is 384 g/mol. The van der Waals surface area contributed by atoms with Crippen LogP contribution in [0, 0.1) is 0 Å². The van der Waals surface area contributed by atoms with Gasteiger partial charge in [0.15, 0.2) is 0 Å². The van der Waals surface area contributed by atoms with E-state index in [1.54, 1.807) is 0 Å². The third-order valence-corrected chi connectivity index (χ3v) is 5.97. The topological polar surface area (TPSA) is 26.8 Å². The Morgan fingerprint density at radius 3 is 2.48 bits per heavy atom. The molecule has 5 heteroatoms. The van der Waals surface area contributed by atoms with Gasteiger partial charge in [-0.05, 0) is 48.4 Å². The number of amides is 1. The summed E-state index contributed by atoms with van der Waals surface area (Å²) in [5, 5.41) is 0.704. The van der Waals surface area contributed by atoms with Crippen LogP contribution in [0.5, 0.6) is 0 Å². The zero-order valence-electron chi connectivity index (χ0n) is 15.8. The number of fused-ring (bicyclic) bond motifs is 1. The van der Waals surface area contributed by atoms with Gasteiger partial charge in [0, 0.05) is 50.0 Å². The summed E-state index contributed by atoms with van der Waals surface area (Å²) in [6.45, 7) is 5.78. The Kier molecular flexibility index (Phi) is 5.37. The minimum absolute atomic E-state index is 0.191. The van der Waals surface area contributed by atoms with E-state index in [-0.39, 0.29) is 5.91 Å². The molecule has 0 aromatic heterocycles. The van der Waals surface area contributed by atoms with E-state index in [9.17, 15) is 4.79 Å². The summed E-state index contributed by atoms with van der Waals surface area (Å²) in [5.74, 6) is 0.191. The summed E-state index contributed by atoms with van der Waals surface area (Å²) in [4.78, 5) is 19.7. The number of halogens is 1. The normalized spacial score (nSPS) is 17.7. The van der Waals surface area contributed by atoms with Crippen molar-refractivity contribution in [2.75, 3.05) is 44.7 Å². The largest absolute Gasteiger partial charge is 0.369 e. The number of nitrogens with zero attached hydrogens (tertiary/aromatic N) is 3. The SMILES string of the molecule is CN1CCN(c2cccc3c2CN(C(=O)Cc2ccc(Cl)cc2)CC3)CC1. The van der Waals surface area contributed by atoms with Gasteiger partial charge in [0.05, 0.1) is 6.42 Å². The van der Waals surface area contributed by atoms with Crippen LogP contribution in [-0.2, 0) is 24.2 Å². The molecule has 0 atom stereocenters. The molecule has 0 radical (unpaired) electrons. The highest BCUT2D eigenvalue weighted by Gasteiger charge is 2.25. The Hall–Kier alpha value is -2.04. The summed E-state index contributed by atoms with van der Waals surface area (Å²) >= 11 is 5.95. The Balaban J connectivity index is 1.50. The molecule has 0 N–H and O–H groups in total. The highest BCUT2D eigenvalue weighted by Crippen LogP contribution is 2.30. The van der Waals surface area contributed by atoms with E-state index in [1.165, 1.54) is 16.8 Å². The molecule has 0 spiro atoms. The molecule has 4 rings (SSSR count). The van der Waals surface area contributed by atoms with Crippen LogP contribution < -0.4 is 4.90 Å². The molecule has 2 aliphatic rings. The predicted molar refractivity (Wildman–Crippen MR) is 110 cm³/mol. The summed E-state index contributed by atoms with van der Waals surface area (Å²) in [6.07, 6.45) is 1.37. The fourth-order valence-electron chi connectivity index (χ4n) is 4.01. The molecule has 2 aliphatic heterocycles. The number of carbonyl (C=O) groups is 1. The number of benzene rings is 2. The molecule has 27 heavy (non-hydrogen) atoms. The monoisotopic (exact) mass is 383 g/mol. The van der Waals surface area contributed by atoms with Crippen LogP contribution >= 0.6 is 11.6 Å². The van der Waals surface area contributed by atoms with Gasteiger partial charge in [0.25, 0.3) is 0 Å². The van der Waals surface area contributed by atoms with Crippen molar-refractivity contribution in [2.45, 2.75) is 19.4 Å². The maximum absolute atomic E-state index is 12.9. The highest BCUT2D eigenvalue weighted by molar-refractivity contribution is 6.30. The highest BCUT2D eigenvalue weighted by atomic mass is 35.5. The number of carbonyl (C=O) groups excluding carboxylic acids is 1.